The van der Waals surface area contributed by atoms with Crippen molar-refractivity contribution < 1.29 is 23.5 Å². The number of halogens is 1. The van der Waals surface area contributed by atoms with E-state index in [9.17, 15) is 14.0 Å². The van der Waals surface area contributed by atoms with Crippen LogP contribution in [0.25, 0.3) is 10.9 Å². The van der Waals surface area contributed by atoms with Gasteiger partial charge in [0.2, 0.25) is 11.8 Å². The molecule has 0 atom stereocenters. The van der Waals surface area contributed by atoms with E-state index in [0.717, 1.165) is 12.8 Å². The number of amides is 2. The van der Waals surface area contributed by atoms with Gasteiger partial charge in [-0.15, -0.1) is 0 Å². The van der Waals surface area contributed by atoms with E-state index in [1.54, 1.807) is 42.3 Å². The van der Waals surface area contributed by atoms with Gasteiger partial charge >= 0.3 is 0 Å². The molecule has 178 valence electrons. The van der Waals surface area contributed by atoms with Crippen LogP contribution in [0.15, 0.2) is 42.7 Å². The van der Waals surface area contributed by atoms with Crippen molar-refractivity contribution in [2.45, 2.75) is 19.3 Å². The number of carbonyl (C=O) groups excluding carboxylic acids is 2. The van der Waals surface area contributed by atoms with Crippen LogP contribution in [0, 0.1) is 5.82 Å². The summed E-state index contributed by atoms with van der Waals surface area (Å²) in [5.74, 6) is -0.364. The maximum atomic E-state index is 14.8. The Morgan fingerprint density at radius 3 is 2.53 bits per heavy atom. The summed E-state index contributed by atoms with van der Waals surface area (Å²) in [7, 11) is 1.56. The van der Waals surface area contributed by atoms with Crippen molar-refractivity contribution in [3.63, 3.8) is 0 Å². The van der Waals surface area contributed by atoms with E-state index in [0.29, 0.717) is 54.8 Å². The van der Waals surface area contributed by atoms with Gasteiger partial charge in [-0.2, -0.15) is 0 Å². The highest BCUT2D eigenvalue weighted by molar-refractivity contribution is 6.03. The number of carbonyl (C=O) groups is 2. The average Bonchev–Trinajstić information content (AvgIpc) is 3.36. The first-order valence-electron chi connectivity index (χ1n) is 11.0. The minimum absolute atomic E-state index is 0.154. The molecular weight excluding hydrogens is 441 g/mol. The second-order valence-corrected chi connectivity index (χ2v) is 7.88. The smallest absolute Gasteiger partial charge is 0.233 e. The molecule has 3 aromatic rings. The zero-order valence-corrected chi connectivity index (χ0v) is 18.8. The Labute approximate surface area is 196 Å². The van der Waals surface area contributed by atoms with E-state index in [4.69, 9.17) is 9.47 Å². The van der Waals surface area contributed by atoms with E-state index in [2.05, 4.69) is 20.6 Å². The van der Waals surface area contributed by atoms with Crippen LogP contribution in [0.2, 0.25) is 0 Å². The number of nitrogens with one attached hydrogen (secondary N) is 2. The summed E-state index contributed by atoms with van der Waals surface area (Å²) < 4.78 is 25.3. The van der Waals surface area contributed by atoms with E-state index in [1.807, 2.05) is 0 Å². The van der Waals surface area contributed by atoms with Crippen molar-refractivity contribution in [3.05, 3.63) is 48.5 Å². The van der Waals surface area contributed by atoms with Crippen molar-refractivity contribution in [2.75, 3.05) is 44.0 Å². The lowest BCUT2D eigenvalue weighted by Gasteiger charge is -2.15. The van der Waals surface area contributed by atoms with Crippen LogP contribution in [0.4, 0.5) is 21.6 Å². The van der Waals surface area contributed by atoms with Crippen molar-refractivity contribution in [1.29, 1.82) is 0 Å². The number of likely N-dealkylation sites (tertiary alicyclic amines) is 1. The SMILES string of the molecule is COCCOc1cc(F)c2c(Nc3ccc(NC(=O)CC(=O)N4CCCC4)cc3)ncnc2c1. The first-order chi connectivity index (χ1) is 16.5. The van der Waals surface area contributed by atoms with Crippen molar-refractivity contribution in [1.82, 2.24) is 14.9 Å². The lowest BCUT2D eigenvalue weighted by Crippen LogP contribution is -2.31. The molecule has 1 aliphatic heterocycles. The summed E-state index contributed by atoms with van der Waals surface area (Å²) in [6.07, 6.45) is 3.13. The molecule has 10 heteroatoms. The summed E-state index contributed by atoms with van der Waals surface area (Å²) in [5, 5.41) is 6.05. The Hall–Kier alpha value is -3.79. The maximum absolute atomic E-state index is 14.8. The largest absolute Gasteiger partial charge is 0.491 e. The average molecular weight is 468 g/mol. The second-order valence-electron chi connectivity index (χ2n) is 7.88. The Morgan fingerprint density at radius 1 is 1.06 bits per heavy atom. The lowest BCUT2D eigenvalue weighted by atomic mass is 10.2. The number of nitrogens with zero attached hydrogens (tertiary/aromatic N) is 3. The number of aromatic nitrogens is 2. The van der Waals surface area contributed by atoms with E-state index < -0.39 is 5.82 Å². The molecule has 2 N–H and O–H groups in total. The number of hydrogen-bond donors (Lipinski definition) is 2. The third-order valence-electron chi connectivity index (χ3n) is 5.42. The fraction of sp³-hybridized carbons (Fsp3) is 0.333. The van der Waals surface area contributed by atoms with Gasteiger partial charge in [-0.25, -0.2) is 14.4 Å². The first-order valence-corrected chi connectivity index (χ1v) is 11.0. The van der Waals surface area contributed by atoms with Gasteiger partial charge in [-0.05, 0) is 37.1 Å². The number of anilines is 3. The molecule has 0 aliphatic carbocycles. The highest BCUT2D eigenvalue weighted by Gasteiger charge is 2.20. The zero-order valence-electron chi connectivity index (χ0n) is 18.8. The summed E-state index contributed by atoms with van der Waals surface area (Å²) in [5.41, 5.74) is 1.60. The van der Waals surface area contributed by atoms with Gasteiger partial charge in [0.25, 0.3) is 0 Å². The minimum atomic E-state index is -0.514. The Morgan fingerprint density at radius 2 is 1.79 bits per heavy atom. The monoisotopic (exact) mass is 467 g/mol. The van der Waals surface area contributed by atoms with Gasteiger partial charge < -0.3 is 25.0 Å². The van der Waals surface area contributed by atoms with E-state index in [-0.39, 0.29) is 23.6 Å². The Balaban J connectivity index is 1.41. The van der Waals surface area contributed by atoms with Gasteiger partial charge in [-0.3, -0.25) is 9.59 Å². The number of methoxy groups -OCH3 is 1. The predicted octanol–water partition coefficient (Wildman–Crippen LogP) is 3.49. The normalized spacial score (nSPS) is 13.2. The van der Waals surface area contributed by atoms with Crippen molar-refractivity contribution >= 4 is 39.9 Å². The molecule has 0 saturated carbocycles. The summed E-state index contributed by atoms with van der Waals surface area (Å²) >= 11 is 0. The second kappa shape index (κ2) is 10.9. The molecule has 1 saturated heterocycles. The highest BCUT2D eigenvalue weighted by Crippen LogP contribution is 2.29. The third-order valence-corrected chi connectivity index (χ3v) is 5.42. The highest BCUT2D eigenvalue weighted by atomic mass is 19.1. The molecule has 2 amide bonds. The lowest BCUT2D eigenvalue weighted by molar-refractivity contribution is -0.133. The molecule has 1 aliphatic rings. The molecule has 1 aromatic heterocycles. The molecular formula is C24H26FN5O4. The zero-order chi connectivity index (χ0) is 23.9. The predicted molar refractivity (Wildman–Crippen MR) is 126 cm³/mol. The molecule has 2 heterocycles. The van der Waals surface area contributed by atoms with Crippen LogP contribution >= 0.6 is 0 Å². The van der Waals surface area contributed by atoms with Crippen molar-refractivity contribution in [3.8, 4) is 5.75 Å². The van der Waals surface area contributed by atoms with Gasteiger partial charge in [-0.1, -0.05) is 0 Å². The van der Waals surface area contributed by atoms with Gasteiger partial charge in [0.05, 0.1) is 17.5 Å². The molecule has 2 aromatic carbocycles. The standard InChI is InChI=1S/C24H26FN5O4/c1-33-10-11-34-18-12-19(25)23-20(13-18)26-15-27-24(23)29-17-6-4-16(5-7-17)28-21(31)14-22(32)30-8-2-3-9-30/h4-7,12-13,15H,2-3,8-11,14H2,1H3,(H,28,31)(H,26,27,29). The number of ether oxygens (including phenoxy) is 2. The number of fused-ring (bicyclic) bond motifs is 1. The summed E-state index contributed by atoms with van der Waals surface area (Å²) in [4.78, 5) is 34.4. The Bertz CT molecular complexity index is 1170. The van der Waals surface area contributed by atoms with Crippen LogP contribution in [0.5, 0.6) is 5.75 Å². The van der Waals surface area contributed by atoms with Crippen LogP contribution in [-0.2, 0) is 14.3 Å². The molecule has 9 nitrogen and oxygen atoms in total. The topological polar surface area (TPSA) is 106 Å². The molecule has 0 spiro atoms. The van der Waals surface area contributed by atoms with E-state index in [1.165, 1.54) is 12.4 Å². The van der Waals surface area contributed by atoms with Gasteiger partial charge in [0.15, 0.2) is 0 Å². The molecule has 0 bridgehead atoms. The van der Waals surface area contributed by atoms with Crippen LogP contribution < -0.4 is 15.4 Å². The molecule has 0 unspecified atom stereocenters. The van der Waals surface area contributed by atoms with Crippen molar-refractivity contribution in [2.24, 2.45) is 0 Å². The van der Waals surface area contributed by atoms with Gasteiger partial charge in [0.1, 0.15) is 36.7 Å². The molecule has 34 heavy (non-hydrogen) atoms. The first kappa shape index (κ1) is 23.4. The maximum Gasteiger partial charge on any atom is 0.233 e. The van der Waals surface area contributed by atoms with Gasteiger partial charge in [0, 0.05) is 43.7 Å². The van der Waals surface area contributed by atoms with Crippen LogP contribution in [-0.4, -0.2) is 60.1 Å². The molecule has 4 rings (SSSR count). The fourth-order valence-electron chi connectivity index (χ4n) is 3.73. The quantitative estimate of drug-likeness (QED) is 0.367. The fourth-order valence-corrected chi connectivity index (χ4v) is 3.73. The van der Waals surface area contributed by atoms with Crippen LogP contribution in [0.3, 0.4) is 0 Å². The third kappa shape index (κ3) is 5.76. The summed E-state index contributed by atoms with van der Waals surface area (Å²) in [6.45, 7) is 2.12. The van der Waals surface area contributed by atoms with Crippen LogP contribution in [0.1, 0.15) is 19.3 Å². The molecule has 1 fully saturated rings. The number of benzene rings is 2. The van der Waals surface area contributed by atoms with E-state index >= 15 is 0 Å². The molecule has 0 radical (unpaired) electrons. The minimum Gasteiger partial charge on any atom is -0.491 e. The summed E-state index contributed by atoms with van der Waals surface area (Å²) in [6, 6.07) is 9.78. The Kier molecular flexibility index (Phi) is 7.48. The number of hydrogen-bond acceptors (Lipinski definition) is 7. The number of rotatable bonds is 9.